The molecule has 1 saturated heterocycles. The van der Waals surface area contributed by atoms with Crippen LogP contribution in [0.5, 0.6) is 0 Å². The van der Waals surface area contributed by atoms with Crippen molar-refractivity contribution in [1.82, 2.24) is 10.2 Å². The number of amides is 1. The molecule has 1 aliphatic rings. The molecular formula is C12H16N4O2. The number of hydrogen-bond acceptors (Lipinski definition) is 5. The zero-order valence-electron chi connectivity index (χ0n) is 10.1. The summed E-state index contributed by atoms with van der Waals surface area (Å²) >= 11 is 0. The second kappa shape index (κ2) is 5.59. The Morgan fingerprint density at radius 3 is 3.06 bits per heavy atom. The molecule has 1 unspecified atom stereocenters. The van der Waals surface area contributed by atoms with Gasteiger partial charge < -0.3 is 15.4 Å². The van der Waals surface area contributed by atoms with E-state index in [1.165, 1.54) is 0 Å². The van der Waals surface area contributed by atoms with Gasteiger partial charge in [0, 0.05) is 13.1 Å². The average Bonchev–Trinajstić information content (AvgIpc) is 2.85. The molecule has 1 aromatic rings. The summed E-state index contributed by atoms with van der Waals surface area (Å²) in [4.78, 5) is 13.0. The predicted molar refractivity (Wildman–Crippen MR) is 67.3 cm³/mol. The molecule has 0 saturated carbocycles. The van der Waals surface area contributed by atoms with Crippen LogP contribution in [0.15, 0.2) is 24.8 Å². The highest BCUT2D eigenvalue weighted by molar-refractivity contribution is 5.90. The standard InChI is InChI=1S/C12H16N4O2/c1-2-7-18-9-5-6-16(8-9)11-4-3-10(12(13)17)14-15-11/h2-4,9H,1,5-8H2,(H2,13,17). The first-order valence-corrected chi connectivity index (χ1v) is 5.81. The predicted octanol–water partition coefficient (Wildman–Crippen LogP) is 0.357. The van der Waals surface area contributed by atoms with E-state index in [-0.39, 0.29) is 11.8 Å². The lowest BCUT2D eigenvalue weighted by atomic mass is 10.3. The van der Waals surface area contributed by atoms with Crippen molar-refractivity contribution in [1.29, 1.82) is 0 Å². The number of rotatable bonds is 5. The fourth-order valence-corrected chi connectivity index (χ4v) is 1.90. The van der Waals surface area contributed by atoms with Crippen LogP contribution < -0.4 is 10.6 Å². The summed E-state index contributed by atoms with van der Waals surface area (Å²) in [6, 6.07) is 3.34. The van der Waals surface area contributed by atoms with Crippen molar-refractivity contribution in [2.45, 2.75) is 12.5 Å². The summed E-state index contributed by atoms with van der Waals surface area (Å²) in [7, 11) is 0. The molecule has 2 rings (SSSR count). The van der Waals surface area contributed by atoms with Gasteiger partial charge in [0.1, 0.15) is 0 Å². The normalized spacial score (nSPS) is 18.9. The highest BCUT2D eigenvalue weighted by atomic mass is 16.5. The number of ether oxygens (including phenoxy) is 1. The highest BCUT2D eigenvalue weighted by Gasteiger charge is 2.24. The minimum Gasteiger partial charge on any atom is -0.372 e. The van der Waals surface area contributed by atoms with Gasteiger partial charge in [-0.05, 0) is 18.6 Å². The highest BCUT2D eigenvalue weighted by Crippen LogP contribution is 2.19. The van der Waals surface area contributed by atoms with E-state index in [9.17, 15) is 4.79 Å². The Hall–Kier alpha value is -1.95. The van der Waals surface area contributed by atoms with Gasteiger partial charge in [-0.25, -0.2) is 0 Å². The molecule has 1 atom stereocenters. The molecule has 6 nitrogen and oxygen atoms in total. The maximum Gasteiger partial charge on any atom is 0.269 e. The lowest BCUT2D eigenvalue weighted by Crippen LogP contribution is -2.24. The molecule has 18 heavy (non-hydrogen) atoms. The molecule has 2 N–H and O–H groups in total. The van der Waals surface area contributed by atoms with Gasteiger partial charge in [-0.1, -0.05) is 6.08 Å². The minimum absolute atomic E-state index is 0.178. The Morgan fingerprint density at radius 2 is 2.44 bits per heavy atom. The fourth-order valence-electron chi connectivity index (χ4n) is 1.90. The van der Waals surface area contributed by atoms with Crippen LogP contribution in [0.1, 0.15) is 16.9 Å². The Bertz CT molecular complexity index is 432. The number of nitrogens with two attached hydrogens (primary N) is 1. The summed E-state index contributed by atoms with van der Waals surface area (Å²) in [6.45, 7) is 5.82. The lowest BCUT2D eigenvalue weighted by molar-refractivity contribution is 0.0908. The zero-order valence-corrected chi connectivity index (χ0v) is 10.1. The second-order valence-corrected chi connectivity index (χ2v) is 4.12. The third-order valence-corrected chi connectivity index (χ3v) is 2.82. The van der Waals surface area contributed by atoms with Crippen LogP contribution in [-0.2, 0) is 4.74 Å². The van der Waals surface area contributed by atoms with Crippen molar-refractivity contribution in [2.24, 2.45) is 5.73 Å². The van der Waals surface area contributed by atoms with Crippen LogP contribution in [0.2, 0.25) is 0 Å². The Balaban J connectivity index is 1.96. The summed E-state index contributed by atoms with van der Waals surface area (Å²) in [5, 5.41) is 7.78. The molecule has 0 aromatic carbocycles. The summed E-state index contributed by atoms with van der Waals surface area (Å²) in [6.07, 6.45) is 2.89. The van der Waals surface area contributed by atoms with E-state index in [0.29, 0.717) is 6.61 Å². The molecule has 1 aliphatic heterocycles. The molecule has 2 heterocycles. The number of nitrogens with zero attached hydrogens (tertiary/aromatic N) is 3. The molecule has 6 heteroatoms. The maximum atomic E-state index is 10.9. The van der Waals surface area contributed by atoms with E-state index in [2.05, 4.69) is 21.7 Å². The van der Waals surface area contributed by atoms with Crippen molar-refractivity contribution < 1.29 is 9.53 Å². The SMILES string of the molecule is C=CCOC1CCN(c2ccc(C(N)=O)nn2)C1. The maximum absolute atomic E-state index is 10.9. The van der Waals surface area contributed by atoms with Crippen LogP contribution in [0.25, 0.3) is 0 Å². The van der Waals surface area contributed by atoms with Crippen LogP contribution in [-0.4, -0.2) is 41.9 Å². The number of aromatic nitrogens is 2. The molecule has 1 aromatic heterocycles. The summed E-state index contributed by atoms with van der Waals surface area (Å²) < 4.78 is 5.58. The van der Waals surface area contributed by atoms with Crippen molar-refractivity contribution >= 4 is 11.7 Å². The Kier molecular flexibility index (Phi) is 3.88. The van der Waals surface area contributed by atoms with E-state index in [1.807, 2.05) is 0 Å². The van der Waals surface area contributed by atoms with E-state index in [1.54, 1.807) is 18.2 Å². The van der Waals surface area contributed by atoms with Crippen molar-refractivity contribution in [3.05, 3.63) is 30.5 Å². The zero-order chi connectivity index (χ0) is 13.0. The first-order valence-electron chi connectivity index (χ1n) is 5.81. The molecular weight excluding hydrogens is 232 g/mol. The van der Waals surface area contributed by atoms with Gasteiger partial charge in [-0.2, -0.15) is 0 Å². The van der Waals surface area contributed by atoms with Gasteiger partial charge in [0.05, 0.1) is 12.7 Å². The van der Waals surface area contributed by atoms with E-state index >= 15 is 0 Å². The fraction of sp³-hybridized carbons (Fsp3) is 0.417. The van der Waals surface area contributed by atoms with Crippen LogP contribution in [0.3, 0.4) is 0 Å². The van der Waals surface area contributed by atoms with E-state index < -0.39 is 5.91 Å². The third kappa shape index (κ3) is 2.84. The van der Waals surface area contributed by atoms with E-state index in [4.69, 9.17) is 10.5 Å². The third-order valence-electron chi connectivity index (χ3n) is 2.82. The van der Waals surface area contributed by atoms with Crippen molar-refractivity contribution in [3.8, 4) is 0 Å². The van der Waals surface area contributed by atoms with Gasteiger partial charge in [-0.3, -0.25) is 4.79 Å². The lowest BCUT2D eigenvalue weighted by Gasteiger charge is -2.16. The second-order valence-electron chi connectivity index (χ2n) is 4.12. The molecule has 0 bridgehead atoms. The van der Waals surface area contributed by atoms with Gasteiger partial charge in [0.15, 0.2) is 11.5 Å². The average molecular weight is 248 g/mol. The van der Waals surface area contributed by atoms with Gasteiger partial charge in [0.2, 0.25) is 0 Å². The van der Waals surface area contributed by atoms with Crippen LogP contribution in [0, 0.1) is 0 Å². The van der Waals surface area contributed by atoms with Gasteiger partial charge >= 0.3 is 0 Å². The largest absolute Gasteiger partial charge is 0.372 e. The number of primary amides is 1. The summed E-state index contributed by atoms with van der Waals surface area (Å²) in [5.41, 5.74) is 5.29. The van der Waals surface area contributed by atoms with E-state index in [0.717, 1.165) is 25.3 Å². The minimum atomic E-state index is -0.567. The molecule has 96 valence electrons. The molecule has 0 aliphatic carbocycles. The van der Waals surface area contributed by atoms with Crippen LogP contribution >= 0.6 is 0 Å². The molecule has 0 radical (unpaired) electrons. The first kappa shape index (κ1) is 12.5. The van der Waals surface area contributed by atoms with Crippen molar-refractivity contribution in [2.75, 3.05) is 24.6 Å². The number of carbonyl (C=O) groups is 1. The first-order chi connectivity index (χ1) is 8.70. The number of hydrogen-bond donors (Lipinski definition) is 1. The van der Waals surface area contributed by atoms with Crippen LogP contribution in [0.4, 0.5) is 5.82 Å². The van der Waals surface area contributed by atoms with Gasteiger partial charge in [-0.15, -0.1) is 16.8 Å². The molecule has 1 fully saturated rings. The number of anilines is 1. The van der Waals surface area contributed by atoms with Crippen molar-refractivity contribution in [3.63, 3.8) is 0 Å². The quantitative estimate of drug-likeness (QED) is 0.761. The summed E-state index contributed by atoms with van der Waals surface area (Å²) in [5.74, 6) is 0.173. The smallest absolute Gasteiger partial charge is 0.269 e. The topological polar surface area (TPSA) is 81.3 Å². The Morgan fingerprint density at radius 1 is 1.61 bits per heavy atom. The molecule has 1 amide bonds. The monoisotopic (exact) mass is 248 g/mol. The van der Waals surface area contributed by atoms with Gasteiger partial charge in [0.25, 0.3) is 5.91 Å². The Labute approximate surface area is 105 Å². The number of carbonyl (C=O) groups excluding carboxylic acids is 1. The molecule has 0 spiro atoms.